The summed E-state index contributed by atoms with van der Waals surface area (Å²) >= 11 is 0. The summed E-state index contributed by atoms with van der Waals surface area (Å²) in [4.78, 5) is 0. The standard InChI is InChI=1S/C13H27NO2/c1-10(2)8-16-9-12(15)7-14-13(3,4)11-5-6-11/h10-12,14-15H,5-9H2,1-4H3. The first kappa shape index (κ1) is 13.9. The molecule has 16 heavy (non-hydrogen) atoms. The number of aliphatic hydroxyl groups excluding tert-OH is 1. The van der Waals surface area contributed by atoms with Gasteiger partial charge in [-0.15, -0.1) is 0 Å². The molecule has 0 amide bonds. The molecule has 0 saturated heterocycles. The van der Waals surface area contributed by atoms with Gasteiger partial charge in [0.05, 0.1) is 12.7 Å². The molecule has 0 heterocycles. The number of ether oxygens (including phenoxy) is 1. The van der Waals surface area contributed by atoms with Crippen LogP contribution in [-0.4, -0.2) is 36.5 Å². The number of hydrogen-bond acceptors (Lipinski definition) is 3. The first-order chi connectivity index (χ1) is 7.42. The van der Waals surface area contributed by atoms with E-state index in [1.54, 1.807) is 0 Å². The Morgan fingerprint density at radius 2 is 1.94 bits per heavy atom. The molecule has 1 aliphatic rings. The Morgan fingerprint density at radius 1 is 1.31 bits per heavy atom. The average Bonchev–Trinajstić information content (AvgIpc) is 2.97. The predicted octanol–water partition coefficient (Wildman–Crippen LogP) is 1.80. The summed E-state index contributed by atoms with van der Waals surface area (Å²) in [5.41, 5.74) is 0.166. The summed E-state index contributed by atoms with van der Waals surface area (Å²) in [6.45, 7) is 10.4. The van der Waals surface area contributed by atoms with Crippen molar-refractivity contribution >= 4 is 0 Å². The van der Waals surface area contributed by atoms with Crippen molar-refractivity contribution in [3.63, 3.8) is 0 Å². The molecule has 0 bridgehead atoms. The van der Waals surface area contributed by atoms with Gasteiger partial charge in [-0.25, -0.2) is 0 Å². The molecule has 0 aromatic carbocycles. The molecule has 0 aliphatic heterocycles. The normalized spacial score (nSPS) is 19.1. The lowest BCUT2D eigenvalue weighted by atomic mass is 9.98. The van der Waals surface area contributed by atoms with Gasteiger partial charge in [0, 0.05) is 18.7 Å². The summed E-state index contributed by atoms with van der Waals surface area (Å²) in [7, 11) is 0. The second-order valence-electron chi connectivity index (χ2n) is 5.96. The molecule has 0 aromatic rings. The minimum absolute atomic E-state index is 0.166. The summed E-state index contributed by atoms with van der Waals surface area (Å²) in [5.74, 6) is 1.32. The predicted molar refractivity (Wildman–Crippen MR) is 66.5 cm³/mol. The second kappa shape index (κ2) is 5.99. The van der Waals surface area contributed by atoms with Crippen LogP contribution in [0.15, 0.2) is 0 Å². The monoisotopic (exact) mass is 229 g/mol. The number of aliphatic hydroxyl groups is 1. The highest BCUT2D eigenvalue weighted by atomic mass is 16.5. The average molecular weight is 229 g/mol. The molecular formula is C13H27NO2. The van der Waals surface area contributed by atoms with E-state index in [1.165, 1.54) is 12.8 Å². The van der Waals surface area contributed by atoms with Gasteiger partial charge in [-0.2, -0.15) is 0 Å². The number of β-amino-alcohol motifs (C(OH)–C–C–N with tert-alkyl or cyclic N) is 1. The molecule has 0 spiro atoms. The topological polar surface area (TPSA) is 41.5 Å². The van der Waals surface area contributed by atoms with Gasteiger partial charge in [-0.3, -0.25) is 0 Å². The van der Waals surface area contributed by atoms with Gasteiger partial charge in [-0.1, -0.05) is 13.8 Å². The number of hydrogen-bond donors (Lipinski definition) is 2. The highest BCUT2D eigenvalue weighted by Crippen LogP contribution is 2.39. The molecule has 1 atom stereocenters. The van der Waals surface area contributed by atoms with Crippen molar-refractivity contribution in [3.8, 4) is 0 Å². The van der Waals surface area contributed by atoms with Crippen molar-refractivity contribution in [1.82, 2.24) is 5.32 Å². The van der Waals surface area contributed by atoms with Crippen molar-refractivity contribution in [3.05, 3.63) is 0 Å². The van der Waals surface area contributed by atoms with Crippen molar-refractivity contribution < 1.29 is 9.84 Å². The van der Waals surface area contributed by atoms with Crippen LogP contribution >= 0.6 is 0 Å². The van der Waals surface area contributed by atoms with Crippen molar-refractivity contribution in [2.24, 2.45) is 11.8 Å². The Balaban J connectivity index is 2.07. The fraction of sp³-hybridized carbons (Fsp3) is 1.00. The van der Waals surface area contributed by atoms with Gasteiger partial charge >= 0.3 is 0 Å². The second-order valence-corrected chi connectivity index (χ2v) is 5.96. The molecule has 96 valence electrons. The van der Waals surface area contributed by atoms with Gasteiger partial charge in [0.2, 0.25) is 0 Å². The summed E-state index contributed by atoms with van der Waals surface area (Å²) in [6, 6.07) is 0. The van der Waals surface area contributed by atoms with E-state index in [9.17, 15) is 5.11 Å². The number of nitrogens with one attached hydrogen (secondary N) is 1. The highest BCUT2D eigenvalue weighted by molar-refractivity contribution is 4.94. The zero-order valence-corrected chi connectivity index (χ0v) is 11.1. The zero-order valence-electron chi connectivity index (χ0n) is 11.1. The van der Waals surface area contributed by atoms with Crippen molar-refractivity contribution in [1.29, 1.82) is 0 Å². The van der Waals surface area contributed by atoms with Gasteiger partial charge in [0.15, 0.2) is 0 Å². The third-order valence-electron chi connectivity index (χ3n) is 3.15. The minimum atomic E-state index is -0.392. The fourth-order valence-electron chi connectivity index (χ4n) is 1.83. The zero-order chi connectivity index (χ0) is 12.2. The van der Waals surface area contributed by atoms with E-state index in [-0.39, 0.29) is 5.54 Å². The molecule has 1 aliphatic carbocycles. The van der Waals surface area contributed by atoms with Gasteiger partial charge in [0.25, 0.3) is 0 Å². The van der Waals surface area contributed by atoms with E-state index in [0.29, 0.717) is 19.1 Å². The van der Waals surface area contributed by atoms with Gasteiger partial charge in [-0.05, 0) is 38.5 Å². The summed E-state index contributed by atoms with van der Waals surface area (Å²) in [6.07, 6.45) is 2.25. The van der Waals surface area contributed by atoms with E-state index in [1.807, 2.05) is 0 Å². The highest BCUT2D eigenvalue weighted by Gasteiger charge is 2.37. The maximum atomic E-state index is 9.74. The van der Waals surface area contributed by atoms with E-state index in [4.69, 9.17) is 4.74 Å². The lowest BCUT2D eigenvalue weighted by Crippen LogP contribution is -2.46. The molecule has 1 unspecified atom stereocenters. The van der Waals surface area contributed by atoms with E-state index >= 15 is 0 Å². The molecule has 0 radical (unpaired) electrons. The third-order valence-corrected chi connectivity index (χ3v) is 3.15. The molecule has 1 saturated carbocycles. The van der Waals surface area contributed by atoms with Gasteiger partial charge in [0.1, 0.15) is 0 Å². The molecule has 1 fully saturated rings. The van der Waals surface area contributed by atoms with Crippen molar-refractivity contribution in [2.45, 2.75) is 52.2 Å². The molecule has 3 nitrogen and oxygen atoms in total. The maximum Gasteiger partial charge on any atom is 0.0897 e. The van der Waals surface area contributed by atoms with E-state index in [2.05, 4.69) is 33.0 Å². The van der Waals surface area contributed by atoms with Crippen LogP contribution in [-0.2, 0) is 4.74 Å². The van der Waals surface area contributed by atoms with Crippen LogP contribution in [0.3, 0.4) is 0 Å². The molecule has 2 N–H and O–H groups in total. The Bertz CT molecular complexity index is 200. The van der Waals surface area contributed by atoms with Crippen LogP contribution in [0.2, 0.25) is 0 Å². The van der Waals surface area contributed by atoms with Crippen LogP contribution in [0.4, 0.5) is 0 Å². The number of rotatable bonds is 8. The maximum absolute atomic E-state index is 9.74. The lowest BCUT2D eigenvalue weighted by molar-refractivity contribution is 0.0226. The Hall–Kier alpha value is -0.120. The summed E-state index contributed by atoms with van der Waals surface area (Å²) in [5, 5.41) is 13.2. The van der Waals surface area contributed by atoms with Crippen LogP contribution in [0.1, 0.15) is 40.5 Å². The van der Waals surface area contributed by atoms with Crippen molar-refractivity contribution in [2.75, 3.05) is 19.8 Å². The van der Waals surface area contributed by atoms with Crippen LogP contribution in [0.25, 0.3) is 0 Å². The Morgan fingerprint density at radius 3 is 2.44 bits per heavy atom. The van der Waals surface area contributed by atoms with E-state index in [0.717, 1.165) is 12.5 Å². The van der Waals surface area contributed by atoms with Crippen LogP contribution in [0, 0.1) is 11.8 Å². The molecule has 3 heteroatoms. The largest absolute Gasteiger partial charge is 0.389 e. The lowest BCUT2D eigenvalue weighted by Gasteiger charge is -2.27. The first-order valence-corrected chi connectivity index (χ1v) is 6.42. The minimum Gasteiger partial charge on any atom is -0.389 e. The third kappa shape index (κ3) is 5.28. The summed E-state index contributed by atoms with van der Waals surface area (Å²) < 4.78 is 5.41. The van der Waals surface area contributed by atoms with Gasteiger partial charge < -0.3 is 15.2 Å². The first-order valence-electron chi connectivity index (χ1n) is 6.42. The Kier molecular flexibility index (Phi) is 5.22. The molecular weight excluding hydrogens is 202 g/mol. The molecule has 1 rings (SSSR count). The quantitative estimate of drug-likeness (QED) is 0.667. The Labute approximate surface area is 99.6 Å². The fourth-order valence-corrected chi connectivity index (χ4v) is 1.83. The molecule has 0 aromatic heterocycles. The smallest absolute Gasteiger partial charge is 0.0897 e. The van der Waals surface area contributed by atoms with Crippen LogP contribution < -0.4 is 5.32 Å². The SMILES string of the molecule is CC(C)COCC(O)CNC(C)(C)C1CC1. The van der Waals surface area contributed by atoms with Crippen LogP contribution in [0.5, 0.6) is 0 Å². The van der Waals surface area contributed by atoms with E-state index < -0.39 is 6.10 Å².